The van der Waals surface area contributed by atoms with E-state index in [2.05, 4.69) is 20.5 Å². The molecule has 2 N–H and O–H groups in total. The van der Waals surface area contributed by atoms with Crippen molar-refractivity contribution in [2.24, 2.45) is 17.3 Å². The summed E-state index contributed by atoms with van der Waals surface area (Å²) in [6, 6.07) is 5.05. The minimum absolute atomic E-state index is 0.0232. The number of fused-ring (bicyclic) bond motifs is 1. The molecule has 4 aliphatic rings. The van der Waals surface area contributed by atoms with Crippen LogP contribution in [0.4, 0.5) is 4.79 Å². The van der Waals surface area contributed by atoms with Crippen molar-refractivity contribution < 1.29 is 33.3 Å². The van der Waals surface area contributed by atoms with Gasteiger partial charge in [-0.1, -0.05) is 41.0 Å². The maximum absolute atomic E-state index is 14.4. The molecule has 6 atom stereocenters. The maximum atomic E-state index is 14.4. The number of hydrogen-bond acceptors (Lipinski definition) is 10. The third-order valence-corrected chi connectivity index (χ3v) is 10.0. The van der Waals surface area contributed by atoms with Crippen molar-refractivity contribution in [2.45, 2.75) is 107 Å². The van der Waals surface area contributed by atoms with Crippen LogP contribution in [0.15, 0.2) is 29.7 Å². The van der Waals surface area contributed by atoms with Crippen LogP contribution in [0.2, 0.25) is 10.0 Å². The van der Waals surface area contributed by atoms with Crippen molar-refractivity contribution in [2.75, 3.05) is 0 Å². The first kappa shape index (κ1) is 32.8. The number of nitrogens with zero attached hydrogens (tertiary/aromatic N) is 2. The highest BCUT2D eigenvalue weighted by molar-refractivity contribution is 8.01. The molecule has 1 aromatic heterocycles. The third-order valence-electron chi connectivity index (χ3n) is 7.76. The fourth-order valence-electron chi connectivity index (χ4n) is 6.52. The molecule has 4 aliphatic carbocycles. The van der Waals surface area contributed by atoms with Crippen LogP contribution in [-0.2, 0) is 35.1 Å². The Hall–Kier alpha value is -2.54. The number of esters is 2. The standard InChI is InChI=1S/C30H38Cl2N4O7S/c1-25(2,3)41-21(37)28-18-19(28)30(28,44-23-33-14-34-36-23)20(40-13-15-10-11-16(31)17(32)12-15)29(18,22(38)42-26(4,5)6)35-24(39)43-27(7,8)9/h10-12,14,18-20H,13H2,1-9H3,(H,35,39)(H,33,34,36)/t18?,19-,20+,28-,29-,30-/m1/s1. The second-order valence-corrected chi connectivity index (χ2v) is 16.5. The molecule has 0 spiro atoms. The number of ether oxygens (including phenoxy) is 4. The van der Waals surface area contributed by atoms with Crippen molar-refractivity contribution >= 4 is 53.0 Å². The minimum Gasteiger partial charge on any atom is -0.459 e. The van der Waals surface area contributed by atoms with Gasteiger partial charge in [0.25, 0.3) is 0 Å². The highest BCUT2D eigenvalue weighted by atomic mass is 35.5. The number of amides is 1. The van der Waals surface area contributed by atoms with Crippen molar-refractivity contribution in [3.8, 4) is 0 Å². The zero-order chi connectivity index (χ0) is 32.7. The number of alkyl carbamates (subject to hydrolysis) is 1. The number of nitrogens with one attached hydrogen (secondary N) is 2. The van der Waals surface area contributed by atoms with Crippen molar-refractivity contribution in [1.82, 2.24) is 20.5 Å². The smallest absolute Gasteiger partial charge is 0.408 e. The van der Waals surface area contributed by atoms with E-state index in [0.29, 0.717) is 20.8 Å². The number of thioether (sulfide) groups is 1. The van der Waals surface area contributed by atoms with Gasteiger partial charge < -0.3 is 24.3 Å². The molecule has 0 aliphatic heterocycles. The number of carbonyl (C=O) groups excluding carboxylic acids is 3. The Labute approximate surface area is 270 Å². The average Bonchev–Trinajstić information content (AvgIpc) is 3.50. The Morgan fingerprint density at radius 2 is 1.52 bits per heavy atom. The molecule has 240 valence electrons. The van der Waals surface area contributed by atoms with Crippen LogP contribution in [0.25, 0.3) is 0 Å². The van der Waals surface area contributed by atoms with E-state index < -0.39 is 68.5 Å². The van der Waals surface area contributed by atoms with E-state index in [9.17, 15) is 14.4 Å². The molecule has 2 bridgehead atoms. The van der Waals surface area contributed by atoms with Gasteiger partial charge in [-0.15, -0.1) is 0 Å². The summed E-state index contributed by atoms with van der Waals surface area (Å²) < 4.78 is 23.1. The van der Waals surface area contributed by atoms with Crippen molar-refractivity contribution in [3.05, 3.63) is 40.1 Å². The first-order chi connectivity index (χ1) is 20.2. The zero-order valence-electron chi connectivity index (χ0n) is 26.2. The van der Waals surface area contributed by atoms with Gasteiger partial charge in [-0.05, 0) is 80.0 Å². The molecule has 1 aromatic carbocycles. The summed E-state index contributed by atoms with van der Waals surface area (Å²) >= 11 is 13.7. The number of aromatic nitrogens is 3. The molecule has 6 rings (SSSR count). The fraction of sp³-hybridized carbons (Fsp3) is 0.633. The SMILES string of the molecule is CC(C)(C)OC(=O)N[C@]1(C(=O)OC(C)(C)C)C2[C@H]3[C@@](Sc4ncn[nH]4)([C@H]1OCc1ccc(Cl)c(Cl)c1)[C@]23C(=O)OC(C)(C)C. The van der Waals surface area contributed by atoms with E-state index in [1.54, 1.807) is 80.5 Å². The fourth-order valence-corrected chi connectivity index (χ4v) is 8.61. The number of benzene rings is 1. The Balaban J connectivity index is 1.65. The predicted molar refractivity (Wildman–Crippen MR) is 163 cm³/mol. The summed E-state index contributed by atoms with van der Waals surface area (Å²) in [4.78, 5) is 46.4. The van der Waals surface area contributed by atoms with Crippen LogP contribution < -0.4 is 5.32 Å². The lowest BCUT2D eigenvalue weighted by Gasteiger charge is -2.37. The normalized spacial score (nSPS) is 30.3. The Morgan fingerprint density at radius 1 is 0.909 bits per heavy atom. The lowest BCUT2D eigenvalue weighted by molar-refractivity contribution is -0.170. The van der Waals surface area contributed by atoms with Crippen LogP contribution in [-0.4, -0.2) is 66.4 Å². The number of carbonyl (C=O) groups is 3. The van der Waals surface area contributed by atoms with Gasteiger partial charge in [0.15, 0.2) is 10.7 Å². The Kier molecular flexibility index (Phi) is 7.84. The van der Waals surface area contributed by atoms with Gasteiger partial charge >= 0.3 is 18.0 Å². The molecule has 2 aromatic rings. The zero-order valence-corrected chi connectivity index (χ0v) is 28.5. The summed E-state index contributed by atoms with van der Waals surface area (Å²) in [6.07, 6.45) is -0.590. The average molecular weight is 670 g/mol. The second-order valence-electron chi connectivity index (χ2n) is 14.4. The predicted octanol–water partition coefficient (Wildman–Crippen LogP) is 5.73. The number of aromatic amines is 1. The molecule has 1 unspecified atom stereocenters. The highest BCUT2D eigenvalue weighted by Crippen LogP contribution is 3.00. The van der Waals surface area contributed by atoms with Crippen molar-refractivity contribution in [3.63, 3.8) is 0 Å². The van der Waals surface area contributed by atoms with Crippen LogP contribution in [0.5, 0.6) is 0 Å². The molecule has 44 heavy (non-hydrogen) atoms. The Bertz CT molecular complexity index is 1490. The number of hydrogen-bond donors (Lipinski definition) is 2. The first-order valence-corrected chi connectivity index (χ1v) is 15.8. The van der Waals surface area contributed by atoms with Gasteiger partial charge in [0.05, 0.1) is 26.8 Å². The molecule has 0 radical (unpaired) electrons. The summed E-state index contributed by atoms with van der Waals surface area (Å²) in [5, 5.41) is 10.8. The van der Waals surface area contributed by atoms with Gasteiger partial charge in [0, 0.05) is 11.8 Å². The first-order valence-electron chi connectivity index (χ1n) is 14.3. The van der Waals surface area contributed by atoms with Gasteiger partial charge in [-0.3, -0.25) is 9.89 Å². The van der Waals surface area contributed by atoms with E-state index in [1.807, 2.05) is 0 Å². The summed E-state index contributed by atoms with van der Waals surface area (Å²) in [5.41, 5.74) is -4.96. The molecule has 1 heterocycles. The maximum Gasteiger partial charge on any atom is 0.408 e. The molecular weight excluding hydrogens is 631 g/mol. The van der Waals surface area contributed by atoms with Crippen LogP contribution in [0.3, 0.4) is 0 Å². The molecular formula is C30H38Cl2N4O7S. The van der Waals surface area contributed by atoms with Gasteiger partial charge in [-0.25, -0.2) is 14.6 Å². The lowest BCUT2D eigenvalue weighted by atomic mass is 9.92. The van der Waals surface area contributed by atoms with Gasteiger partial charge in [-0.2, -0.15) is 5.10 Å². The van der Waals surface area contributed by atoms with Crippen LogP contribution in [0.1, 0.15) is 67.9 Å². The highest BCUT2D eigenvalue weighted by Gasteiger charge is 3.13. The Morgan fingerprint density at radius 3 is 2.07 bits per heavy atom. The molecule has 4 fully saturated rings. The van der Waals surface area contributed by atoms with Gasteiger partial charge in [0.2, 0.25) is 0 Å². The number of rotatable bonds is 8. The summed E-state index contributed by atoms with van der Waals surface area (Å²) in [5.74, 6) is -2.36. The lowest BCUT2D eigenvalue weighted by Crippen LogP contribution is -2.64. The molecule has 11 nitrogen and oxygen atoms in total. The van der Waals surface area contributed by atoms with Crippen LogP contribution >= 0.6 is 35.0 Å². The van der Waals surface area contributed by atoms with E-state index >= 15 is 0 Å². The minimum atomic E-state index is -1.82. The number of halogens is 2. The van der Waals surface area contributed by atoms with E-state index in [0.717, 1.165) is 0 Å². The van der Waals surface area contributed by atoms with E-state index in [4.69, 9.17) is 42.1 Å². The topological polar surface area (TPSA) is 142 Å². The largest absolute Gasteiger partial charge is 0.459 e. The van der Waals surface area contributed by atoms with Crippen molar-refractivity contribution in [1.29, 1.82) is 0 Å². The van der Waals surface area contributed by atoms with E-state index in [1.165, 1.54) is 18.1 Å². The molecule has 14 heteroatoms. The monoisotopic (exact) mass is 668 g/mol. The van der Waals surface area contributed by atoms with E-state index in [-0.39, 0.29) is 6.61 Å². The molecule has 1 amide bonds. The summed E-state index contributed by atoms with van der Waals surface area (Å²) in [7, 11) is 0. The molecule has 4 saturated carbocycles. The second kappa shape index (κ2) is 10.5. The quantitative estimate of drug-likeness (QED) is 0.264. The third kappa shape index (κ3) is 5.35. The van der Waals surface area contributed by atoms with Gasteiger partial charge in [0.1, 0.15) is 29.2 Å². The van der Waals surface area contributed by atoms with Crippen LogP contribution in [0, 0.1) is 17.3 Å². The summed E-state index contributed by atoms with van der Waals surface area (Å²) in [6.45, 7) is 15.6. The number of H-pyrrole nitrogens is 1. The molecule has 0 saturated heterocycles.